The van der Waals surface area contributed by atoms with Crippen LogP contribution in [-0.2, 0) is 4.79 Å². The molecule has 3 unspecified atom stereocenters. The largest absolute Gasteiger partial charge is 0.478 e. The lowest BCUT2D eigenvalue weighted by Crippen LogP contribution is -2.50. The standard InChI is InChI=1S/C17H21NO4/c19-16(20)12-6-3-7-14(8-12)22-17(21)15-9-11-4-1-2-5-13(11)10-18-15/h3,6-8,11,13,15,18H,1-2,4-5,9-10H2,(H,19,20). The summed E-state index contributed by atoms with van der Waals surface area (Å²) in [5.41, 5.74) is 0.120. The van der Waals surface area contributed by atoms with Gasteiger partial charge in [-0.2, -0.15) is 0 Å². The third kappa shape index (κ3) is 3.30. The lowest BCUT2D eigenvalue weighted by Gasteiger charge is -2.39. The van der Waals surface area contributed by atoms with Gasteiger partial charge in [0.2, 0.25) is 0 Å². The van der Waals surface area contributed by atoms with E-state index >= 15 is 0 Å². The lowest BCUT2D eigenvalue weighted by molar-refractivity contribution is -0.138. The Kier molecular flexibility index (Phi) is 4.43. The van der Waals surface area contributed by atoms with Crippen molar-refractivity contribution >= 4 is 11.9 Å². The number of hydrogen-bond acceptors (Lipinski definition) is 4. The Hall–Kier alpha value is -1.88. The van der Waals surface area contributed by atoms with E-state index in [1.165, 1.54) is 37.8 Å². The maximum Gasteiger partial charge on any atom is 0.335 e. The summed E-state index contributed by atoms with van der Waals surface area (Å²) in [5, 5.41) is 12.3. The number of hydrogen-bond donors (Lipinski definition) is 2. The molecule has 0 amide bonds. The molecule has 1 aromatic rings. The zero-order chi connectivity index (χ0) is 15.5. The number of piperidine rings is 1. The highest BCUT2D eigenvalue weighted by atomic mass is 16.5. The van der Waals surface area contributed by atoms with Gasteiger partial charge in [-0.05, 0) is 49.4 Å². The molecule has 22 heavy (non-hydrogen) atoms. The van der Waals surface area contributed by atoms with Crippen LogP contribution in [0.15, 0.2) is 24.3 Å². The van der Waals surface area contributed by atoms with E-state index in [-0.39, 0.29) is 23.3 Å². The molecule has 5 heteroatoms. The Labute approximate surface area is 129 Å². The first-order chi connectivity index (χ1) is 10.6. The first kappa shape index (κ1) is 15.0. The first-order valence-electron chi connectivity index (χ1n) is 7.92. The molecule has 0 bridgehead atoms. The minimum Gasteiger partial charge on any atom is -0.478 e. The van der Waals surface area contributed by atoms with Crippen LogP contribution in [0.1, 0.15) is 42.5 Å². The number of benzene rings is 1. The monoisotopic (exact) mass is 303 g/mol. The van der Waals surface area contributed by atoms with Gasteiger partial charge in [0.25, 0.3) is 0 Å². The molecule has 0 aromatic heterocycles. The Morgan fingerprint density at radius 3 is 2.73 bits per heavy atom. The van der Waals surface area contributed by atoms with Crippen LogP contribution in [0.4, 0.5) is 0 Å². The second kappa shape index (κ2) is 6.48. The predicted molar refractivity (Wildman–Crippen MR) is 80.9 cm³/mol. The summed E-state index contributed by atoms with van der Waals surface area (Å²) in [6.45, 7) is 0.875. The average molecular weight is 303 g/mol. The van der Waals surface area contributed by atoms with E-state index in [1.807, 2.05) is 0 Å². The molecule has 1 aromatic carbocycles. The van der Waals surface area contributed by atoms with Gasteiger partial charge < -0.3 is 15.2 Å². The van der Waals surface area contributed by atoms with Crippen molar-refractivity contribution in [2.75, 3.05) is 6.54 Å². The van der Waals surface area contributed by atoms with Crippen molar-refractivity contribution in [3.05, 3.63) is 29.8 Å². The summed E-state index contributed by atoms with van der Waals surface area (Å²) in [6, 6.07) is 5.76. The first-order valence-corrected chi connectivity index (χ1v) is 7.92. The van der Waals surface area contributed by atoms with Crippen LogP contribution in [0.3, 0.4) is 0 Å². The normalized spacial score (nSPS) is 27.7. The maximum absolute atomic E-state index is 12.3. The minimum atomic E-state index is -1.03. The van der Waals surface area contributed by atoms with Crippen molar-refractivity contribution in [2.45, 2.75) is 38.1 Å². The molecule has 3 rings (SSSR count). The number of aromatic carboxylic acids is 1. The molecular formula is C17H21NO4. The van der Waals surface area contributed by atoms with Crippen LogP contribution in [0.25, 0.3) is 0 Å². The highest BCUT2D eigenvalue weighted by molar-refractivity contribution is 5.88. The smallest absolute Gasteiger partial charge is 0.335 e. The van der Waals surface area contributed by atoms with Crippen LogP contribution in [0.2, 0.25) is 0 Å². The van der Waals surface area contributed by atoms with Crippen molar-refractivity contribution in [3.63, 3.8) is 0 Å². The van der Waals surface area contributed by atoms with Crippen LogP contribution in [0, 0.1) is 11.8 Å². The maximum atomic E-state index is 12.3. The van der Waals surface area contributed by atoms with Crippen LogP contribution < -0.4 is 10.1 Å². The Morgan fingerprint density at radius 1 is 1.18 bits per heavy atom. The van der Waals surface area contributed by atoms with Gasteiger partial charge in [-0.1, -0.05) is 25.3 Å². The fourth-order valence-electron chi connectivity index (χ4n) is 3.60. The van der Waals surface area contributed by atoms with Crippen molar-refractivity contribution in [1.29, 1.82) is 0 Å². The summed E-state index contributed by atoms with van der Waals surface area (Å²) in [6.07, 6.45) is 5.82. The number of fused-ring (bicyclic) bond motifs is 1. The molecule has 1 aliphatic heterocycles. The number of rotatable bonds is 3. The lowest BCUT2D eigenvalue weighted by atomic mass is 9.74. The summed E-state index contributed by atoms with van der Waals surface area (Å²) in [4.78, 5) is 23.2. The quantitative estimate of drug-likeness (QED) is 0.662. The fraction of sp³-hybridized carbons (Fsp3) is 0.529. The number of esters is 1. The topological polar surface area (TPSA) is 75.6 Å². The second-order valence-corrected chi connectivity index (χ2v) is 6.26. The number of ether oxygens (including phenoxy) is 1. The van der Waals surface area contributed by atoms with Gasteiger partial charge in [0.15, 0.2) is 0 Å². The molecule has 2 aliphatic rings. The molecule has 0 radical (unpaired) electrons. The van der Waals surface area contributed by atoms with Crippen molar-refractivity contribution < 1.29 is 19.4 Å². The van der Waals surface area contributed by atoms with E-state index in [2.05, 4.69) is 5.32 Å². The molecule has 5 nitrogen and oxygen atoms in total. The molecule has 118 valence electrons. The second-order valence-electron chi connectivity index (χ2n) is 6.26. The van der Waals surface area contributed by atoms with Gasteiger partial charge in [0.05, 0.1) is 5.56 Å². The number of carbonyl (C=O) groups excluding carboxylic acids is 1. The van der Waals surface area contributed by atoms with E-state index in [0.29, 0.717) is 11.8 Å². The molecule has 2 fully saturated rings. The van der Waals surface area contributed by atoms with Crippen LogP contribution in [-0.4, -0.2) is 29.6 Å². The SMILES string of the molecule is O=C(O)c1cccc(OC(=O)C2CC3CCCCC3CN2)c1. The highest BCUT2D eigenvalue weighted by Crippen LogP contribution is 2.35. The number of carboxylic acid groups (broad SMARTS) is 1. The third-order valence-corrected chi connectivity index (χ3v) is 4.82. The van der Waals surface area contributed by atoms with Crippen molar-refractivity contribution in [1.82, 2.24) is 5.32 Å². The Balaban J connectivity index is 1.62. The Bertz CT molecular complexity index is 572. The summed E-state index contributed by atoms with van der Waals surface area (Å²) >= 11 is 0. The van der Waals surface area contributed by atoms with Crippen LogP contribution >= 0.6 is 0 Å². The van der Waals surface area contributed by atoms with E-state index in [0.717, 1.165) is 13.0 Å². The Morgan fingerprint density at radius 2 is 1.95 bits per heavy atom. The van der Waals surface area contributed by atoms with Gasteiger partial charge in [-0.3, -0.25) is 0 Å². The molecule has 1 aliphatic carbocycles. The molecule has 1 saturated carbocycles. The zero-order valence-corrected chi connectivity index (χ0v) is 12.5. The van der Waals surface area contributed by atoms with Gasteiger partial charge in [0.1, 0.15) is 11.8 Å². The molecule has 3 atom stereocenters. The summed E-state index contributed by atoms with van der Waals surface area (Å²) in [7, 11) is 0. The predicted octanol–water partition coefficient (Wildman–Crippen LogP) is 2.46. The molecule has 2 N–H and O–H groups in total. The van der Waals surface area contributed by atoms with Crippen LogP contribution in [0.5, 0.6) is 5.75 Å². The van der Waals surface area contributed by atoms with E-state index in [4.69, 9.17) is 9.84 Å². The highest BCUT2D eigenvalue weighted by Gasteiger charge is 2.35. The molecule has 0 spiro atoms. The van der Waals surface area contributed by atoms with Gasteiger partial charge in [-0.25, -0.2) is 9.59 Å². The fourth-order valence-corrected chi connectivity index (χ4v) is 3.60. The number of carboxylic acids is 1. The average Bonchev–Trinajstić information content (AvgIpc) is 2.54. The zero-order valence-electron chi connectivity index (χ0n) is 12.5. The van der Waals surface area contributed by atoms with E-state index in [1.54, 1.807) is 12.1 Å². The van der Waals surface area contributed by atoms with Gasteiger partial charge >= 0.3 is 11.9 Å². The van der Waals surface area contributed by atoms with E-state index < -0.39 is 5.97 Å². The summed E-state index contributed by atoms with van der Waals surface area (Å²) < 4.78 is 5.36. The minimum absolute atomic E-state index is 0.120. The van der Waals surface area contributed by atoms with Gasteiger partial charge in [-0.15, -0.1) is 0 Å². The number of nitrogens with one attached hydrogen (secondary N) is 1. The van der Waals surface area contributed by atoms with Crippen molar-refractivity contribution in [2.24, 2.45) is 11.8 Å². The molecule has 1 saturated heterocycles. The number of carbonyl (C=O) groups is 2. The van der Waals surface area contributed by atoms with Crippen molar-refractivity contribution in [3.8, 4) is 5.75 Å². The molecular weight excluding hydrogens is 282 g/mol. The van der Waals surface area contributed by atoms with Gasteiger partial charge in [0, 0.05) is 0 Å². The summed E-state index contributed by atoms with van der Waals surface area (Å²) in [5.74, 6) is 0.244. The third-order valence-electron chi connectivity index (χ3n) is 4.82. The van der Waals surface area contributed by atoms with E-state index in [9.17, 15) is 9.59 Å². The molecule has 1 heterocycles.